The number of hydrogen-bond acceptors (Lipinski definition) is 3. The molecule has 5 nitrogen and oxygen atoms in total. The highest BCUT2D eigenvalue weighted by Crippen LogP contribution is 2.22. The summed E-state index contributed by atoms with van der Waals surface area (Å²) in [5.74, 6) is 0.595. The normalized spacial score (nSPS) is 10.8. The molecule has 3 aromatic rings. The van der Waals surface area contributed by atoms with E-state index in [9.17, 15) is 4.79 Å². The van der Waals surface area contributed by atoms with E-state index in [0.29, 0.717) is 28.6 Å². The van der Waals surface area contributed by atoms with Crippen LogP contribution >= 0.6 is 23.2 Å². The summed E-state index contributed by atoms with van der Waals surface area (Å²) in [6, 6.07) is 10.5. The zero-order valence-electron chi connectivity index (χ0n) is 11.5. The number of benzene rings is 1. The highest BCUT2D eigenvalue weighted by molar-refractivity contribution is 6.42. The number of nitrogens with zero attached hydrogens (tertiary/aromatic N) is 3. The van der Waals surface area contributed by atoms with E-state index in [4.69, 9.17) is 23.2 Å². The van der Waals surface area contributed by atoms with Crippen molar-refractivity contribution in [2.45, 2.75) is 6.42 Å². The van der Waals surface area contributed by atoms with Crippen LogP contribution in [0.4, 0.5) is 0 Å². The number of halogens is 2. The molecular formula is C15H12Cl2N4O. The molecule has 0 saturated heterocycles. The number of aromatic nitrogens is 3. The van der Waals surface area contributed by atoms with E-state index in [-0.39, 0.29) is 5.91 Å². The van der Waals surface area contributed by atoms with Gasteiger partial charge in [-0.05, 0) is 30.3 Å². The summed E-state index contributed by atoms with van der Waals surface area (Å²) in [5, 5.41) is 11.8. The van der Waals surface area contributed by atoms with Gasteiger partial charge in [-0.1, -0.05) is 29.3 Å². The van der Waals surface area contributed by atoms with Gasteiger partial charge in [-0.3, -0.25) is 9.20 Å². The highest BCUT2D eigenvalue weighted by atomic mass is 35.5. The summed E-state index contributed by atoms with van der Waals surface area (Å²) in [6.07, 6.45) is 2.48. The Balaban J connectivity index is 1.63. The first-order valence-corrected chi connectivity index (χ1v) is 7.42. The van der Waals surface area contributed by atoms with Crippen LogP contribution in [0.5, 0.6) is 0 Å². The van der Waals surface area contributed by atoms with Gasteiger partial charge in [0.25, 0.3) is 5.91 Å². The molecule has 1 amide bonds. The predicted molar refractivity (Wildman–Crippen MR) is 85.5 cm³/mol. The standard InChI is InChI=1S/C15H12Cl2N4O/c16-11-5-4-10(9-12(11)17)15(22)18-7-6-14-20-19-13-3-1-2-8-21(13)14/h1-5,8-9H,6-7H2,(H,18,22). The van der Waals surface area contributed by atoms with Crippen LogP contribution in [0.2, 0.25) is 10.0 Å². The van der Waals surface area contributed by atoms with Crippen LogP contribution in [0.25, 0.3) is 5.65 Å². The van der Waals surface area contributed by atoms with E-state index < -0.39 is 0 Å². The first-order chi connectivity index (χ1) is 10.6. The second kappa shape index (κ2) is 6.34. The average molecular weight is 335 g/mol. The molecule has 112 valence electrons. The minimum absolute atomic E-state index is 0.201. The minimum atomic E-state index is -0.201. The minimum Gasteiger partial charge on any atom is -0.352 e. The van der Waals surface area contributed by atoms with Crippen molar-refractivity contribution in [3.8, 4) is 0 Å². The lowest BCUT2D eigenvalue weighted by Gasteiger charge is -2.05. The Morgan fingerprint density at radius 1 is 1.14 bits per heavy atom. The van der Waals surface area contributed by atoms with Crippen LogP contribution < -0.4 is 5.32 Å². The molecule has 0 radical (unpaired) electrons. The van der Waals surface area contributed by atoms with E-state index in [1.165, 1.54) is 0 Å². The van der Waals surface area contributed by atoms with Crippen molar-refractivity contribution in [3.05, 3.63) is 64.0 Å². The van der Waals surface area contributed by atoms with Crippen molar-refractivity contribution in [3.63, 3.8) is 0 Å². The number of fused-ring (bicyclic) bond motifs is 1. The van der Waals surface area contributed by atoms with Crippen molar-refractivity contribution in [1.82, 2.24) is 19.9 Å². The van der Waals surface area contributed by atoms with Crippen LogP contribution in [-0.2, 0) is 6.42 Å². The SMILES string of the molecule is O=C(NCCc1nnc2ccccn12)c1ccc(Cl)c(Cl)c1. The van der Waals surface area contributed by atoms with Crippen molar-refractivity contribution in [2.24, 2.45) is 0 Å². The third-order valence-corrected chi connectivity index (χ3v) is 3.94. The number of hydrogen-bond donors (Lipinski definition) is 1. The van der Waals surface area contributed by atoms with E-state index in [1.807, 2.05) is 28.8 Å². The highest BCUT2D eigenvalue weighted by Gasteiger charge is 2.09. The third kappa shape index (κ3) is 3.05. The van der Waals surface area contributed by atoms with Crippen molar-refractivity contribution >= 4 is 34.8 Å². The molecule has 3 rings (SSSR count). The third-order valence-electron chi connectivity index (χ3n) is 3.20. The van der Waals surface area contributed by atoms with Crippen LogP contribution in [0.15, 0.2) is 42.6 Å². The summed E-state index contributed by atoms with van der Waals surface area (Å²) in [7, 11) is 0. The van der Waals surface area contributed by atoms with Gasteiger partial charge in [0.1, 0.15) is 5.82 Å². The van der Waals surface area contributed by atoms with Crippen LogP contribution in [-0.4, -0.2) is 27.0 Å². The largest absolute Gasteiger partial charge is 0.352 e. The zero-order valence-corrected chi connectivity index (χ0v) is 13.0. The van der Waals surface area contributed by atoms with Crippen LogP contribution in [0, 0.1) is 0 Å². The molecule has 1 N–H and O–H groups in total. The maximum atomic E-state index is 12.0. The van der Waals surface area contributed by atoms with Gasteiger partial charge in [0.05, 0.1) is 10.0 Å². The molecule has 0 spiro atoms. The number of carbonyl (C=O) groups excluding carboxylic acids is 1. The number of nitrogens with one attached hydrogen (secondary N) is 1. The molecule has 1 aromatic carbocycles. The molecule has 0 bridgehead atoms. The second-order valence-corrected chi connectivity index (χ2v) is 5.49. The maximum Gasteiger partial charge on any atom is 0.251 e. The molecule has 0 saturated carbocycles. The Kier molecular flexibility index (Phi) is 4.27. The fourth-order valence-electron chi connectivity index (χ4n) is 2.09. The molecule has 0 atom stereocenters. The summed E-state index contributed by atoms with van der Waals surface area (Å²) in [6.45, 7) is 0.453. The van der Waals surface area contributed by atoms with Crippen molar-refractivity contribution in [2.75, 3.05) is 6.54 Å². The average Bonchev–Trinajstić information content (AvgIpc) is 2.93. The molecule has 0 unspecified atom stereocenters. The maximum absolute atomic E-state index is 12.0. The van der Waals surface area contributed by atoms with E-state index in [2.05, 4.69) is 15.5 Å². The Labute approximate surface area is 136 Å². The lowest BCUT2D eigenvalue weighted by molar-refractivity contribution is 0.0954. The summed E-state index contributed by atoms with van der Waals surface area (Å²) < 4.78 is 1.89. The molecule has 22 heavy (non-hydrogen) atoms. The number of amides is 1. The zero-order chi connectivity index (χ0) is 15.5. The molecular weight excluding hydrogens is 323 g/mol. The fraction of sp³-hybridized carbons (Fsp3) is 0.133. The Morgan fingerprint density at radius 3 is 2.82 bits per heavy atom. The second-order valence-electron chi connectivity index (χ2n) is 4.68. The van der Waals surface area contributed by atoms with Crippen LogP contribution in [0.1, 0.15) is 16.2 Å². The smallest absolute Gasteiger partial charge is 0.251 e. The quantitative estimate of drug-likeness (QED) is 0.797. The van der Waals surface area contributed by atoms with Gasteiger partial charge < -0.3 is 5.32 Å². The van der Waals surface area contributed by atoms with E-state index in [0.717, 1.165) is 11.5 Å². The number of carbonyl (C=O) groups is 1. The first-order valence-electron chi connectivity index (χ1n) is 6.67. The Bertz CT molecular complexity index is 831. The van der Waals surface area contributed by atoms with E-state index >= 15 is 0 Å². The molecule has 0 fully saturated rings. The molecule has 2 heterocycles. The molecule has 0 aliphatic heterocycles. The monoisotopic (exact) mass is 334 g/mol. The molecule has 0 aliphatic carbocycles. The summed E-state index contributed by atoms with van der Waals surface area (Å²) in [5.41, 5.74) is 1.26. The number of pyridine rings is 1. The Hall–Kier alpha value is -2.11. The first kappa shape index (κ1) is 14.8. The summed E-state index contributed by atoms with van der Waals surface area (Å²) in [4.78, 5) is 12.0. The topological polar surface area (TPSA) is 59.3 Å². The van der Waals surface area contributed by atoms with Gasteiger partial charge in [-0.2, -0.15) is 0 Å². The van der Waals surface area contributed by atoms with Crippen LogP contribution in [0.3, 0.4) is 0 Å². The van der Waals surface area contributed by atoms with Gasteiger partial charge in [-0.15, -0.1) is 10.2 Å². The predicted octanol–water partition coefficient (Wildman–Crippen LogP) is 3.01. The van der Waals surface area contributed by atoms with Crippen molar-refractivity contribution in [1.29, 1.82) is 0 Å². The molecule has 0 aliphatic rings. The van der Waals surface area contributed by atoms with Gasteiger partial charge >= 0.3 is 0 Å². The number of rotatable bonds is 4. The molecule has 7 heteroatoms. The Morgan fingerprint density at radius 2 is 2.00 bits per heavy atom. The van der Waals surface area contributed by atoms with Gasteiger partial charge in [0.2, 0.25) is 0 Å². The van der Waals surface area contributed by atoms with Gasteiger partial charge in [0, 0.05) is 24.7 Å². The molecule has 2 aromatic heterocycles. The fourth-order valence-corrected chi connectivity index (χ4v) is 2.39. The van der Waals surface area contributed by atoms with Gasteiger partial charge in [-0.25, -0.2) is 0 Å². The summed E-state index contributed by atoms with van der Waals surface area (Å²) >= 11 is 11.7. The van der Waals surface area contributed by atoms with Crippen molar-refractivity contribution < 1.29 is 4.79 Å². The van der Waals surface area contributed by atoms with E-state index in [1.54, 1.807) is 18.2 Å². The van der Waals surface area contributed by atoms with Gasteiger partial charge in [0.15, 0.2) is 5.65 Å². The lowest BCUT2D eigenvalue weighted by atomic mass is 10.2. The lowest BCUT2D eigenvalue weighted by Crippen LogP contribution is -2.26.